The third-order valence-corrected chi connectivity index (χ3v) is 7.89. The summed E-state index contributed by atoms with van der Waals surface area (Å²) in [4.78, 5) is 33.0. The molecule has 0 bridgehead atoms. The molecule has 1 aromatic heterocycles. The Balaban J connectivity index is 1.55. The van der Waals surface area contributed by atoms with E-state index in [0.717, 1.165) is 21.6 Å². The number of nitrogens with zero attached hydrogens (tertiary/aromatic N) is 2. The molecule has 3 heterocycles. The van der Waals surface area contributed by atoms with E-state index in [1.165, 1.54) is 29.4 Å². The van der Waals surface area contributed by atoms with Crippen molar-refractivity contribution in [3.05, 3.63) is 82.4 Å². The van der Waals surface area contributed by atoms with Gasteiger partial charge in [0.1, 0.15) is 17.6 Å². The highest BCUT2D eigenvalue weighted by molar-refractivity contribution is 7.22. The molecule has 0 saturated carbocycles. The SMILES string of the molecule is COc1cc(C2/C(=C(/O)c3ccc4c(c3)CC(C)O4)C(=O)C(=O)N2c2nc3ccc(C)cc3s2)ccc1O. The maximum atomic E-state index is 13.5. The highest BCUT2D eigenvalue weighted by atomic mass is 32.1. The number of thiazole rings is 1. The fraction of sp³-hybridized carbons (Fsp3) is 0.207. The second-order valence-corrected chi connectivity index (χ2v) is 10.5. The van der Waals surface area contributed by atoms with Gasteiger partial charge < -0.3 is 19.7 Å². The molecule has 3 aromatic carbocycles. The van der Waals surface area contributed by atoms with E-state index in [9.17, 15) is 19.8 Å². The van der Waals surface area contributed by atoms with Crippen molar-refractivity contribution in [3.8, 4) is 17.2 Å². The van der Waals surface area contributed by atoms with E-state index < -0.39 is 17.7 Å². The normalized spacial score (nSPS) is 20.1. The summed E-state index contributed by atoms with van der Waals surface area (Å²) < 4.78 is 11.9. The summed E-state index contributed by atoms with van der Waals surface area (Å²) in [5.74, 6) is -1.08. The molecule has 4 aromatic rings. The second-order valence-electron chi connectivity index (χ2n) is 9.52. The zero-order valence-electron chi connectivity index (χ0n) is 20.9. The Bertz CT molecular complexity index is 1670. The fourth-order valence-corrected chi connectivity index (χ4v) is 6.15. The number of benzene rings is 3. The first-order valence-corrected chi connectivity index (χ1v) is 12.9. The molecule has 8 nitrogen and oxygen atoms in total. The van der Waals surface area contributed by atoms with Crippen LogP contribution in [0.25, 0.3) is 16.0 Å². The van der Waals surface area contributed by atoms with Gasteiger partial charge in [0, 0.05) is 12.0 Å². The van der Waals surface area contributed by atoms with Gasteiger partial charge in [-0.05, 0) is 73.0 Å². The number of fused-ring (bicyclic) bond motifs is 2. The lowest BCUT2D eigenvalue weighted by Gasteiger charge is -2.23. The van der Waals surface area contributed by atoms with Crippen molar-refractivity contribution < 1.29 is 29.3 Å². The largest absolute Gasteiger partial charge is 0.507 e. The number of carbonyl (C=O) groups is 2. The van der Waals surface area contributed by atoms with E-state index in [0.29, 0.717) is 28.2 Å². The van der Waals surface area contributed by atoms with Crippen LogP contribution in [-0.4, -0.2) is 40.1 Å². The number of Topliss-reactive ketones (excluding diaryl/α,β-unsaturated/α-hetero) is 1. The molecule has 2 N–H and O–H groups in total. The van der Waals surface area contributed by atoms with Gasteiger partial charge in [-0.15, -0.1) is 0 Å². The lowest BCUT2D eigenvalue weighted by Crippen LogP contribution is -2.29. The number of carbonyl (C=O) groups excluding carboxylic acids is 2. The average molecular weight is 529 g/mol. The lowest BCUT2D eigenvalue weighted by atomic mass is 9.94. The van der Waals surface area contributed by atoms with Gasteiger partial charge in [0.15, 0.2) is 16.6 Å². The average Bonchev–Trinajstić information content (AvgIpc) is 3.56. The van der Waals surface area contributed by atoms with Gasteiger partial charge >= 0.3 is 5.91 Å². The number of ether oxygens (including phenoxy) is 2. The molecule has 6 rings (SSSR count). The molecule has 2 aliphatic heterocycles. The molecule has 2 atom stereocenters. The summed E-state index contributed by atoms with van der Waals surface area (Å²) in [6.45, 7) is 3.93. The minimum atomic E-state index is -0.991. The van der Waals surface area contributed by atoms with E-state index in [1.54, 1.807) is 30.3 Å². The van der Waals surface area contributed by atoms with Crippen molar-refractivity contribution in [2.24, 2.45) is 0 Å². The Morgan fingerprint density at radius 2 is 1.95 bits per heavy atom. The van der Waals surface area contributed by atoms with Crippen molar-refractivity contribution in [1.29, 1.82) is 0 Å². The minimum absolute atomic E-state index is 0.0140. The zero-order valence-corrected chi connectivity index (χ0v) is 21.7. The number of phenols is 1. The number of anilines is 1. The Kier molecular flexibility index (Phi) is 5.61. The Labute approximate surface area is 222 Å². The van der Waals surface area contributed by atoms with Crippen LogP contribution >= 0.6 is 11.3 Å². The van der Waals surface area contributed by atoms with Crippen LogP contribution in [-0.2, 0) is 16.0 Å². The highest BCUT2D eigenvalue weighted by Gasteiger charge is 2.48. The molecular weight excluding hydrogens is 504 g/mol. The molecule has 1 saturated heterocycles. The predicted molar refractivity (Wildman–Crippen MR) is 144 cm³/mol. The van der Waals surface area contributed by atoms with E-state index in [4.69, 9.17) is 9.47 Å². The van der Waals surface area contributed by atoms with Crippen LogP contribution < -0.4 is 14.4 Å². The topological polar surface area (TPSA) is 109 Å². The standard InChI is InChI=1S/C29H24N2O6S/c1-14-4-7-19-23(10-14)38-29(30-19)31-25(16-5-8-20(32)22(13-16)36-3)24(27(34)28(31)35)26(33)17-6-9-21-18(12-17)11-15(2)37-21/h4-10,12-13,15,25,32-33H,11H2,1-3H3/b26-24-. The molecule has 192 valence electrons. The minimum Gasteiger partial charge on any atom is -0.507 e. The van der Waals surface area contributed by atoms with Crippen LogP contribution in [0, 0.1) is 6.92 Å². The van der Waals surface area contributed by atoms with Crippen LogP contribution in [0.5, 0.6) is 17.2 Å². The predicted octanol–water partition coefficient (Wildman–Crippen LogP) is 5.27. The first kappa shape index (κ1) is 24.0. The third-order valence-electron chi connectivity index (χ3n) is 6.87. The van der Waals surface area contributed by atoms with Gasteiger partial charge in [-0.25, -0.2) is 4.98 Å². The number of hydrogen-bond acceptors (Lipinski definition) is 8. The number of ketones is 1. The number of rotatable bonds is 4. The number of methoxy groups -OCH3 is 1. The summed E-state index contributed by atoms with van der Waals surface area (Å²) in [6, 6.07) is 14.6. The van der Waals surface area contributed by atoms with Crippen LogP contribution in [0.2, 0.25) is 0 Å². The summed E-state index contributed by atoms with van der Waals surface area (Å²) in [5, 5.41) is 22.0. The van der Waals surface area contributed by atoms with Crippen molar-refractivity contribution in [1.82, 2.24) is 4.98 Å². The summed E-state index contributed by atoms with van der Waals surface area (Å²) in [5.41, 5.74) is 3.49. The third kappa shape index (κ3) is 3.78. The molecule has 1 amide bonds. The van der Waals surface area contributed by atoms with Crippen LogP contribution in [0.4, 0.5) is 5.13 Å². The van der Waals surface area contributed by atoms with Gasteiger partial charge in [0.2, 0.25) is 0 Å². The number of aryl methyl sites for hydroxylation is 1. The molecule has 2 unspecified atom stereocenters. The maximum Gasteiger partial charge on any atom is 0.301 e. The van der Waals surface area contributed by atoms with Crippen molar-refractivity contribution >= 4 is 44.1 Å². The molecular formula is C29H24N2O6S. The van der Waals surface area contributed by atoms with E-state index >= 15 is 0 Å². The van der Waals surface area contributed by atoms with Crippen LogP contribution in [0.1, 0.15) is 35.2 Å². The summed E-state index contributed by atoms with van der Waals surface area (Å²) >= 11 is 1.29. The fourth-order valence-electron chi connectivity index (χ4n) is 5.06. The monoisotopic (exact) mass is 528 g/mol. The molecule has 0 radical (unpaired) electrons. The van der Waals surface area contributed by atoms with Crippen LogP contribution in [0.15, 0.2) is 60.2 Å². The molecule has 0 spiro atoms. The van der Waals surface area contributed by atoms with Gasteiger partial charge in [0.05, 0.1) is 28.9 Å². The Morgan fingerprint density at radius 1 is 1.13 bits per heavy atom. The van der Waals surface area contributed by atoms with Gasteiger partial charge in [-0.2, -0.15) is 0 Å². The summed E-state index contributed by atoms with van der Waals surface area (Å²) in [6.07, 6.45) is 0.689. The first-order chi connectivity index (χ1) is 18.2. The summed E-state index contributed by atoms with van der Waals surface area (Å²) in [7, 11) is 1.42. The maximum absolute atomic E-state index is 13.5. The van der Waals surface area contributed by atoms with Crippen molar-refractivity contribution in [2.45, 2.75) is 32.4 Å². The van der Waals surface area contributed by atoms with Gasteiger partial charge in [-0.3, -0.25) is 14.5 Å². The number of aliphatic hydroxyl groups is 1. The molecule has 1 fully saturated rings. The first-order valence-electron chi connectivity index (χ1n) is 12.1. The van der Waals surface area contributed by atoms with Crippen molar-refractivity contribution in [3.63, 3.8) is 0 Å². The quantitative estimate of drug-likeness (QED) is 0.211. The van der Waals surface area contributed by atoms with E-state index in [1.807, 2.05) is 32.0 Å². The van der Waals surface area contributed by atoms with Gasteiger partial charge in [-0.1, -0.05) is 23.5 Å². The number of aromatic hydroxyl groups is 1. The number of aromatic nitrogens is 1. The molecule has 9 heteroatoms. The number of phenolic OH excluding ortho intramolecular Hbond substituents is 1. The zero-order chi connectivity index (χ0) is 26.7. The lowest BCUT2D eigenvalue weighted by molar-refractivity contribution is -0.132. The second kappa shape index (κ2) is 8.88. The number of hydrogen-bond donors (Lipinski definition) is 2. The number of amides is 1. The Morgan fingerprint density at radius 3 is 2.74 bits per heavy atom. The van der Waals surface area contributed by atoms with E-state index in [-0.39, 0.29) is 28.9 Å². The highest BCUT2D eigenvalue weighted by Crippen LogP contribution is 2.46. The Hall–Kier alpha value is -4.37. The van der Waals surface area contributed by atoms with E-state index in [2.05, 4.69) is 4.98 Å². The van der Waals surface area contributed by atoms with Crippen molar-refractivity contribution in [2.75, 3.05) is 12.0 Å². The molecule has 38 heavy (non-hydrogen) atoms. The van der Waals surface area contributed by atoms with Gasteiger partial charge in [0.25, 0.3) is 5.78 Å². The van der Waals surface area contributed by atoms with Crippen LogP contribution in [0.3, 0.4) is 0 Å². The molecule has 0 aliphatic carbocycles. The molecule has 2 aliphatic rings. The smallest absolute Gasteiger partial charge is 0.301 e. The number of aliphatic hydroxyl groups excluding tert-OH is 1.